The second kappa shape index (κ2) is 8.78. The number of rotatable bonds is 6. The minimum absolute atomic E-state index is 0.293. The summed E-state index contributed by atoms with van der Waals surface area (Å²) in [5.41, 5.74) is 1.66. The van der Waals surface area contributed by atoms with Gasteiger partial charge in [-0.2, -0.15) is 0 Å². The standard InChI is InChI=1S/C19H21ClN4O2/c20-17-6-2-1-4-14(17)12-24-9-3-5-16(13-24)23-18-11-21-15(10-22-18)7-8-19(25)26/h1-2,4,6-8,10-11,16H,3,5,9,12-13H2,(H,22,23)(H,25,26)/t16-/m1/s1. The fraction of sp³-hybridized carbons (Fsp3) is 0.316. The number of hydrogen-bond donors (Lipinski definition) is 2. The predicted molar refractivity (Wildman–Crippen MR) is 102 cm³/mol. The molecule has 0 amide bonds. The van der Waals surface area contributed by atoms with Crippen LogP contribution in [-0.4, -0.2) is 45.1 Å². The Hall–Kier alpha value is -2.44. The van der Waals surface area contributed by atoms with Crippen molar-refractivity contribution in [3.63, 3.8) is 0 Å². The van der Waals surface area contributed by atoms with Crippen LogP contribution < -0.4 is 5.32 Å². The number of carboxylic acids is 1. The van der Waals surface area contributed by atoms with E-state index in [-0.39, 0.29) is 0 Å². The first-order valence-electron chi connectivity index (χ1n) is 8.55. The minimum atomic E-state index is -1.00. The lowest BCUT2D eigenvalue weighted by Gasteiger charge is -2.33. The third-order valence-corrected chi connectivity index (χ3v) is 4.65. The summed E-state index contributed by atoms with van der Waals surface area (Å²) in [6.45, 7) is 2.80. The number of likely N-dealkylation sites (tertiary alicyclic amines) is 1. The maximum Gasteiger partial charge on any atom is 0.328 e. The molecule has 1 saturated heterocycles. The van der Waals surface area contributed by atoms with Gasteiger partial charge in [-0.1, -0.05) is 29.8 Å². The van der Waals surface area contributed by atoms with Crippen molar-refractivity contribution in [1.82, 2.24) is 14.9 Å². The van der Waals surface area contributed by atoms with E-state index in [1.807, 2.05) is 18.2 Å². The van der Waals surface area contributed by atoms with Crippen LogP contribution in [0.1, 0.15) is 24.1 Å². The number of carboxylic acid groups (broad SMARTS) is 1. The molecule has 0 unspecified atom stereocenters. The summed E-state index contributed by atoms with van der Waals surface area (Å²) in [4.78, 5) is 21.4. The van der Waals surface area contributed by atoms with Gasteiger partial charge in [-0.05, 0) is 37.1 Å². The molecule has 1 aliphatic rings. The van der Waals surface area contributed by atoms with Gasteiger partial charge in [0.05, 0.1) is 18.1 Å². The van der Waals surface area contributed by atoms with Gasteiger partial charge >= 0.3 is 5.97 Å². The smallest absolute Gasteiger partial charge is 0.328 e. The molecule has 0 spiro atoms. The lowest BCUT2D eigenvalue weighted by atomic mass is 10.0. The summed E-state index contributed by atoms with van der Waals surface area (Å²) >= 11 is 6.27. The number of carbonyl (C=O) groups is 1. The summed E-state index contributed by atoms with van der Waals surface area (Å²) in [6, 6.07) is 8.23. The molecule has 6 nitrogen and oxygen atoms in total. The minimum Gasteiger partial charge on any atom is -0.478 e. The van der Waals surface area contributed by atoms with Crippen LogP contribution in [0.25, 0.3) is 6.08 Å². The van der Waals surface area contributed by atoms with Crippen molar-refractivity contribution < 1.29 is 9.90 Å². The van der Waals surface area contributed by atoms with Crippen LogP contribution in [0.4, 0.5) is 5.82 Å². The topological polar surface area (TPSA) is 78.3 Å². The van der Waals surface area contributed by atoms with Gasteiger partial charge in [-0.3, -0.25) is 9.88 Å². The van der Waals surface area contributed by atoms with E-state index in [0.29, 0.717) is 17.6 Å². The van der Waals surface area contributed by atoms with E-state index in [1.54, 1.807) is 12.4 Å². The Labute approximate surface area is 157 Å². The summed E-state index contributed by atoms with van der Waals surface area (Å²) in [5, 5.41) is 12.9. The first-order chi connectivity index (χ1) is 12.6. The zero-order valence-corrected chi connectivity index (χ0v) is 15.1. The molecule has 0 radical (unpaired) electrons. The SMILES string of the molecule is O=C(O)C=Cc1cnc(N[C@@H]2CCCN(Cc3ccccc3Cl)C2)cn1. The van der Waals surface area contributed by atoms with E-state index in [1.165, 1.54) is 6.08 Å². The number of nitrogens with one attached hydrogen (secondary N) is 1. The van der Waals surface area contributed by atoms with Crippen molar-refractivity contribution in [3.8, 4) is 0 Å². The largest absolute Gasteiger partial charge is 0.478 e. The van der Waals surface area contributed by atoms with Crippen molar-refractivity contribution in [2.24, 2.45) is 0 Å². The van der Waals surface area contributed by atoms with Crippen molar-refractivity contribution in [2.45, 2.75) is 25.4 Å². The van der Waals surface area contributed by atoms with Crippen LogP contribution >= 0.6 is 11.6 Å². The zero-order chi connectivity index (χ0) is 18.4. The zero-order valence-electron chi connectivity index (χ0n) is 14.3. The molecule has 2 N–H and O–H groups in total. The van der Waals surface area contributed by atoms with E-state index in [0.717, 1.165) is 49.1 Å². The quantitative estimate of drug-likeness (QED) is 0.757. The van der Waals surface area contributed by atoms with Crippen molar-refractivity contribution in [2.75, 3.05) is 18.4 Å². The van der Waals surface area contributed by atoms with Gasteiger partial charge in [0.2, 0.25) is 0 Å². The molecule has 2 aromatic rings. The molecule has 3 rings (SSSR count). The molecule has 1 aliphatic heterocycles. The highest BCUT2D eigenvalue weighted by Crippen LogP contribution is 2.21. The Morgan fingerprint density at radius 1 is 1.35 bits per heavy atom. The maximum atomic E-state index is 10.5. The van der Waals surface area contributed by atoms with Crippen LogP contribution in [0.2, 0.25) is 5.02 Å². The van der Waals surface area contributed by atoms with Crippen LogP contribution in [0, 0.1) is 0 Å². The molecule has 7 heteroatoms. The van der Waals surface area contributed by atoms with Gasteiger partial charge in [0.25, 0.3) is 0 Å². The number of benzene rings is 1. The first-order valence-corrected chi connectivity index (χ1v) is 8.93. The Morgan fingerprint density at radius 2 is 2.19 bits per heavy atom. The van der Waals surface area contributed by atoms with Crippen molar-refractivity contribution in [1.29, 1.82) is 0 Å². The molecular weight excluding hydrogens is 352 g/mol. The molecule has 0 bridgehead atoms. The second-order valence-corrected chi connectivity index (χ2v) is 6.72. The average Bonchev–Trinajstić information content (AvgIpc) is 2.63. The second-order valence-electron chi connectivity index (χ2n) is 6.31. The van der Waals surface area contributed by atoms with E-state index < -0.39 is 5.97 Å². The molecule has 1 fully saturated rings. The molecule has 1 aromatic heterocycles. The summed E-state index contributed by atoms with van der Waals surface area (Å²) in [5.74, 6) is -0.308. The van der Waals surface area contributed by atoms with E-state index in [9.17, 15) is 4.79 Å². The lowest BCUT2D eigenvalue weighted by Crippen LogP contribution is -2.41. The van der Waals surface area contributed by atoms with Crippen molar-refractivity contribution in [3.05, 3.63) is 59.0 Å². The summed E-state index contributed by atoms with van der Waals surface area (Å²) in [7, 11) is 0. The third-order valence-electron chi connectivity index (χ3n) is 4.28. The fourth-order valence-electron chi connectivity index (χ4n) is 3.05. The number of aliphatic carboxylic acids is 1. The Balaban J connectivity index is 1.56. The molecule has 0 aliphatic carbocycles. The molecule has 136 valence electrons. The fourth-order valence-corrected chi connectivity index (χ4v) is 3.24. The van der Waals surface area contributed by atoms with E-state index in [2.05, 4.69) is 26.3 Å². The monoisotopic (exact) mass is 372 g/mol. The first kappa shape index (κ1) is 18.4. The Morgan fingerprint density at radius 3 is 2.92 bits per heavy atom. The maximum absolute atomic E-state index is 10.5. The van der Waals surface area contributed by atoms with Crippen LogP contribution in [0.5, 0.6) is 0 Å². The van der Waals surface area contributed by atoms with Gasteiger partial charge in [0, 0.05) is 30.2 Å². The van der Waals surface area contributed by atoms with Crippen LogP contribution in [0.3, 0.4) is 0 Å². The van der Waals surface area contributed by atoms with E-state index >= 15 is 0 Å². The Kier molecular flexibility index (Phi) is 6.20. The summed E-state index contributed by atoms with van der Waals surface area (Å²) in [6.07, 6.45) is 7.84. The lowest BCUT2D eigenvalue weighted by molar-refractivity contribution is -0.131. The Bertz CT molecular complexity index is 779. The molecule has 26 heavy (non-hydrogen) atoms. The normalized spacial score (nSPS) is 18.1. The summed E-state index contributed by atoms with van der Waals surface area (Å²) < 4.78 is 0. The molecule has 2 heterocycles. The number of hydrogen-bond acceptors (Lipinski definition) is 5. The number of piperidine rings is 1. The number of nitrogens with zero attached hydrogens (tertiary/aromatic N) is 3. The predicted octanol–water partition coefficient (Wildman–Crippen LogP) is 3.30. The highest BCUT2D eigenvalue weighted by Gasteiger charge is 2.20. The molecule has 1 aromatic carbocycles. The van der Waals surface area contributed by atoms with Gasteiger partial charge in [-0.15, -0.1) is 0 Å². The van der Waals surface area contributed by atoms with Crippen molar-refractivity contribution >= 4 is 29.5 Å². The average molecular weight is 373 g/mol. The van der Waals surface area contributed by atoms with Gasteiger partial charge < -0.3 is 10.4 Å². The number of halogens is 1. The van der Waals surface area contributed by atoms with Crippen LogP contribution in [0.15, 0.2) is 42.7 Å². The molecule has 1 atom stereocenters. The van der Waals surface area contributed by atoms with Crippen LogP contribution in [-0.2, 0) is 11.3 Å². The highest BCUT2D eigenvalue weighted by atomic mass is 35.5. The van der Waals surface area contributed by atoms with Gasteiger partial charge in [0.1, 0.15) is 5.82 Å². The highest BCUT2D eigenvalue weighted by molar-refractivity contribution is 6.31. The number of anilines is 1. The third kappa shape index (κ3) is 5.28. The van der Waals surface area contributed by atoms with Gasteiger partial charge in [0.15, 0.2) is 0 Å². The number of aromatic nitrogens is 2. The molecule has 0 saturated carbocycles. The van der Waals surface area contributed by atoms with Gasteiger partial charge in [-0.25, -0.2) is 9.78 Å². The molecular formula is C19H21ClN4O2. The van der Waals surface area contributed by atoms with E-state index in [4.69, 9.17) is 16.7 Å².